The van der Waals surface area contributed by atoms with Gasteiger partial charge in [-0.1, -0.05) is 0 Å². The minimum absolute atomic E-state index is 0.0420. The van der Waals surface area contributed by atoms with Crippen molar-refractivity contribution in [1.29, 1.82) is 5.26 Å². The van der Waals surface area contributed by atoms with Gasteiger partial charge in [0.1, 0.15) is 6.07 Å². The first-order chi connectivity index (χ1) is 5.29. The standard InChI is InChI=1S/C8H10N2O/c1-6(11-2)8-7(5-9)3-4-10-8/h3-4,6,10H,1-2H3. The molecule has 1 atom stereocenters. The van der Waals surface area contributed by atoms with Crippen LogP contribution in [0, 0.1) is 11.3 Å². The van der Waals surface area contributed by atoms with Crippen molar-refractivity contribution >= 4 is 0 Å². The normalized spacial score (nSPS) is 12.5. The average molecular weight is 150 g/mol. The molecule has 58 valence electrons. The third-order valence-corrected chi connectivity index (χ3v) is 1.66. The van der Waals surface area contributed by atoms with Crippen LogP contribution in [0.3, 0.4) is 0 Å². The van der Waals surface area contributed by atoms with Crippen molar-refractivity contribution in [1.82, 2.24) is 4.98 Å². The summed E-state index contributed by atoms with van der Waals surface area (Å²) >= 11 is 0. The van der Waals surface area contributed by atoms with Crippen LogP contribution in [0.25, 0.3) is 0 Å². The number of nitrogens with zero attached hydrogens (tertiary/aromatic N) is 1. The maximum Gasteiger partial charge on any atom is 0.101 e. The van der Waals surface area contributed by atoms with E-state index < -0.39 is 0 Å². The van der Waals surface area contributed by atoms with Crippen LogP contribution in [0.1, 0.15) is 24.3 Å². The predicted molar refractivity (Wildman–Crippen MR) is 40.9 cm³/mol. The molecule has 0 aliphatic heterocycles. The van der Waals surface area contributed by atoms with Crippen molar-refractivity contribution in [3.05, 3.63) is 23.5 Å². The molecule has 1 aromatic heterocycles. The fourth-order valence-electron chi connectivity index (χ4n) is 0.934. The molecule has 1 N–H and O–H groups in total. The molecule has 1 unspecified atom stereocenters. The van der Waals surface area contributed by atoms with E-state index in [0.29, 0.717) is 5.56 Å². The first kappa shape index (κ1) is 7.83. The van der Waals surface area contributed by atoms with E-state index in [1.54, 1.807) is 19.4 Å². The molecule has 0 amide bonds. The highest BCUT2D eigenvalue weighted by atomic mass is 16.5. The number of H-pyrrole nitrogens is 1. The second-order valence-electron chi connectivity index (χ2n) is 2.29. The summed E-state index contributed by atoms with van der Waals surface area (Å²) in [4.78, 5) is 2.96. The maximum atomic E-state index is 8.63. The maximum absolute atomic E-state index is 8.63. The van der Waals surface area contributed by atoms with Gasteiger partial charge in [0.25, 0.3) is 0 Å². The molecule has 1 heterocycles. The zero-order valence-electron chi connectivity index (χ0n) is 6.59. The number of methoxy groups -OCH3 is 1. The molecular formula is C8H10N2O. The minimum atomic E-state index is -0.0420. The molecule has 0 fully saturated rings. The van der Waals surface area contributed by atoms with E-state index in [9.17, 15) is 0 Å². The van der Waals surface area contributed by atoms with E-state index in [1.165, 1.54) is 0 Å². The average Bonchev–Trinajstić information content (AvgIpc) is 2.50. The number of rotatable bonds is 2. The molecule has 0 aromatic carbocycles. The van der Waals surface area contributed by atoms with E-state index in [-0.39, 0.29) is 6.10 Å². The molecule has 1 aromatic rings. The molecule has 0 aliphatic carbocycles. The third-order valence-electron chi connectivity index (χ3n) is 1.66. The van der Waals surface area contributed by atoms with Gasteiger partial charge < -0.3 is 9.72 Å². The van der Waals surface area contributed by atoms with E-state index in [4.69, 9.17) is 10.00 Å². The number of ether oxygens (including phenoxy) is 1. The summed E-state index contributed by atoms with van der Waals surface area (Å²) in [5, 5.41) is 8.63. The highest BCUT2D eigenvalue weighted by Crippen LogP contribution is 2.17. The molecular weight excluding hydrogens is 140 g/mol. The summed E-state index contributed by atoms with van der Waals surface area (Å²) < 4.78 is 5.05. The van der Waals surface area contributed by atoms with Crippen molar-refractivity contribution in [2.24, 2.45) is 0 Å². The highest BCUT2D eigenvalue weighted by Gasteiger charge is 2.09. The van der Waals surface area contributed by atoms with Gasteiger partial charge in [0.2, 0.25) is 0 Å². The summed E-state index contributed by atoms with van der Waals surface area (Å²) in [5.74, 6) is 0. The van der Waals surface area contributed by atoms with Gasteiger partial charge in [0.15, 0.2) is 0 Å². The van der Waals surface area contributed by atoms with Crippen LogP contribution in [0.15, 0.2) is 12.3 Å². The first-order valence-corrected chi connectivity index (χ1v) is 3.39. The number of aromatic amines is 1. The van der Waals surface area contributed by atoms with E-state index >= 15 is 0 Å². The minimum Gasteiger partial charge on any atom is -0.375 e. The molecule has 11 heavy (non-hydrogen) atoms. The van der Waals surface area contributed by atoms with Gasteiger partial charge >= 0.3 is 0 Å². The van der Waals surface area contributed by atoms with Crippen molar-refractivity contribution in [2.45, 2.75) is 13.0 Å². The second-order valence-corrected chi connectivity index (χ2v) is 2.29. The monoisotopic (exact) mass is 150 g/mol. The number of nitrogens with one attached hydrogen (secondary N) is 1. The Morgan fingerprint density at radius 2 is 2.45 bits per heavy atom. The van der Waals surface area contributed by atoms with Crippen LogP contribution in [0.5, 0.6) is 0 Å². The molecule has 1 rings (SSSR count). The van der Waals surface area contributed by atoms with Crippen LogP contribution in [-0.4, -0.2) is 12.1 Å². The summed E-state index contributed by atoms with van der Waals surface area (Å²) in [7, 11) is 1.62. The number of hydrogen-bond donors (Lipinski definition) is 1. The lowest BCUT2D eigenvalue weighted by Gasteiger charge is -2.06. The molecule has 0 aliphatic rings. The third kappa shape index (κ3) is 1.41. The van der Waals surface area contributed by atoms with Crippen LogP contribution in [0.4, 0.5) is 0 Å². The van der Waals surface area contributed by atoms with Crippen molar-refractivity contribution in [3.8, 4) is 6.07 Å². The van der Waals surface area contributed by atoms with Crippen molar-refractivity contribution in [2.75, 3.05) is 7.11 Å². The quantitative estimate of drug-likeness (QED) is 0.696. The van der Waals surface area contributed by atoms with Gasteiger partial charge in [-0.15, -0.1) is 0 Å². The fraction of sp³-hybridized carbons (Fsp3) is 0.375. The zero-order valence-corrected chi connectivity index (χ0v) is 6.59. The largest absolute Gasteiger partial charge is 0.375 e. The Morgan fingerprint density at radius 3 is 3.00 bits per heavy atom. The Labute approximate surface area is 65.6 Å². The Bertz CT molecular complexity index is 272. The van der Waals surface area contributed by atoms with Crippen LogP contribution in [-0.2, 0) is 4.74 Å². The van der Waals surface area contributed by atoms with Gasteiger partial charge in [-0.2, -0.15) is 5.26 Å². The lowest BCUT2D eigenvalue weighted by molar-refractivity contribution is 0.116. The number of aromatic nitrogens is 1. The topological polar surface area (TPSA) is 48.8 Å². The molecule has 3 nitrogen and oxygen atoms in total. The Balaban J connectivity index is 2.95. The molecule has 0 radical (unpaired) electrons. The van der Waals surface area contributed by atoms with Gasteiger partial charge in [-0.25, -0.2) is 0 Å². The van der Waals surface area contributed by atoms with E-state index in [1.807, 2.05) is 6.92 Å². The van der Waals surface area contributed by atoms with Crippen molar-refractivity contribution in [3.63, 3.8) is 0 Å². The van der Waals surface area contributed by atoms with Crippen LogP contribution >= 0.6 is 0 Å². The lowest BCUT2D eigenvalue weighted by Crippen LogP contribution is -1.97. The smallest absolute Gasteiger partial charge is 0.101 e. The summed E-state index contributed by atoms with van der Waals surface area (Å²) in [6.07, 6.45) is 1.70. The highest BCUT2D eigenvalue weighted by molar-refractivity contribution is 5.34. The summed E-state index contributed by atoms with van der Waals surface area (Å²) in [6.45, 7) is 1.90. The van der Waals surface area contributed by atoms with Gasteiger partial charge in [0, 0.05) is 13.3 Å². The lowest BCUT2D eigenvalue weighted by atomic mass is 10.2. The SMILES string of the molecule is COC(C)c1[nH]ccc1C#N. The van der Waals surface area contributed by atoms with Crippen LogP contribution in [0.2, 0.25) is 0 Å². The first-order valence-electron chi connectivity index (χ1n) is 3.39. The predicted octanol–water partition coefficient (Wildman–Crippen LogP) is 1.59. The summed E-state index contributed by atoms with van der Waals surface area (Å²) in [6, 6.07) is 3.82. The van der Waals surface area contributed by atoms with E-state index in [0.717, 1.165) is 5.69 Å². The molecule has 0 spiro atoms. The van der Waals surface area contributed by atoms with Gasteiger partial charge in [-0.05, 0) is 13.0 Å². The van der Waals surface area contributed by atoms with E-state index in [2.05, 4.69) is 11.1 Å². The Morgan fingerprint density at radius 1 is 1.73 bits per heavy atom. The Kier molecular flexibility index (Phi) is 2.29. The zero-order chi connectivity index (χ0) is 8.27. The molecule has 3 heteroatoms. The van der Waals surface area contributed by atoms with Gasteiger partial charge in [0.05, 0.1) is 17.4 Å². The number of nitriles is 1. The van der Waals surface area contributed by atoms with Crippen molar-refractivity contribution < 1.29 is 4.74 Å². The molecule has 0 bridgehead atoms. The Hall–Kier alpha value is -1.27. The summed E-state index contributed by atoms with van der Waals surface area (Å²) in [5.41, 5.74) is 1.49. The number of hydrogen-bond acceptors (Lipinski definition) is 2. The van der Waals surface area contributed by atoms with Crippen LogP contribution < -0.4 is 0 Å². The molecule has 0 saturated heterocycles. The molecule has 0 saturated carbocycles. The second kappa shape index (κ2) is 3.22. The van der Waals surface area contributed by atoms with Gasteiger partial charge in [-0.3, -0.25) is 0 Å². The fourth-order valence-corrected chi connectivity index (χ4v) is 0.934.